The Bertz CT molecular complexity index is 492. The molecule has 0 aromatic heterocycles. The fourth-order valence-electron chi connectivity index (χ4n) is 1.85. The lowest BCUT2D eigenvalue weighted by atomic mass is 9.98. The third-order valence-electron chi connectivity index (χ3n) is 2.78. The molecule has 0 spiro atoms. The summed E-state index contributed by atoms with van der Waals surface area (Å²) in [6, 6.07) is 16.4. The zero-order valence-corrected chi connectivity index (χ0v) is 9.77. The highest BCUT2D eigenvalue weighted by molar-refractivity contribution is 5.42. The Hall–Kier alpha value is -1.64. The van der Waals surface area contributed by atoms with Crippen molar-refractivity contribution in [3.63, 3.8) is 0 Å². The van der Waals surface area contributed by atoms with Gasteiger partial charge in [-0.05, 0) is 22.3 Å². The molecule has 0 atom stereocenters. The molecule has 2 aromatic rings. The Balaban J connectivity index is 2.24. The van der Waals surface area contributed by atoms with Crippen molar-refractivity contribution in [2.75, 3.05) is 0 Å². The van der Waals surface area contributed by atoms with Crippen LogP contribution >= 0.6 is 0 Å². The van der Waals surface area contributed by atoms with Crippen molar-refractivity contribution in [1.82, 2.24) is 0 Å². The molecule has 0 saturated heterocycles. The van der Waals surface area contributed by atoms with Crippen molar-refractivity contribution in [2.24, 2.45) is 11.5 Å². The van der Waals surface area contributed by atoms with E-state index in [4.69, 9.17) is 11.5 Å². The highest BCUT2D eigenvalue weighted by atomic mass is 14.5. The minimum atomic E-state index is 0.559. The van der Waals surface area contributed by atoms with E-state index in [1.165, 1.54) is 5.56 Å². The first-order valence-electron chi connectivity index (χ1n) is 5.75. The van der Waals surface area contributed by atoms with Crippen LogP contribution in [0.1, 0.15) is 22.3 Å². The van der Waals surface area contributed by atoms with Gasteiger partial charge in [0, 0.05) is 19.5 Å². The molecule has 0 amide bonds. The normalized spacial score (nSPS) is 10.5. The van der Waals surface area contributed by atoms with Gasteiger partial charge in [-0.15, -0.1) is 0 Å². The van der Waals surface area contributed by atoms with Gasteiger partial charge in [0.2, 0.25) is 0 Å². The first-order chi connectivity index (χ1) is 8.33. The van der Waals surface area contributed by atoms with E-state index >= 15 is 0 Å². The van der Waals surface area contributed by atoms with Crippen molar-refractivity contribution >= 4 is 0 Å². The Morgan fingerprint density at radius 1 is 0.882 bits per heavy atom. The van der Waals surface area contributed by atoms with Crippen LogP contribution in [0.15, 0.2) is 48.5 Å². The van der Waals surface area contributed by atoms with Crippen LogP contribution in [-0.2, 0) is 13.1 Å². The second kappa shape index (κ2) is 5.62. The van der Waals surface area contributed by atoms with Crippen LogP contribution in [0.25, 0.3) is 0 Å². The lowest BCUT2D eigenvalue weighted by molar-refractivity contribution is 1.05. The molecule has 2 aromatic carbocycles. The predicted molar refractivity (Wildman–Crippen MR) is 71.2 cm³/mol. The number of benzene rings is 2. The molecule has 0 bridgehead atoms. The Kier molecular flexibility index (Phi) is 3.91. The summed E-state index contributed by atoms with van der Waals surface area (Å²) >= 11 is 0. The van der Waals surface area contributed by atoms with E-state index in [2.05, 4.69) is 30.7 Å². The number of hydrogen-bond donors (Lipinski definition) is 2. The number of nitrogens with two attached hydrogens (primary N) is 2. The summed E-state index contributed by atoms with van der Waals surface area (Å²) in [4.78, 5) is 0. The van der Waals surface area contributed by atoms with Gasteiger partial charge < -0.3 is 11.5 Å². The van der Waals surface area contributed by atoms with E-state index in [1.807, 2.05) is 24.3 Å². The second-order valence-electron chi connectivity index (χ2n) is 4.00. The van der Waals surface area contributed by atoms with Crippen LogP contribution < -0.4 is 11.5 Å². The Labute approximate surface area is 102 Å². The molecular formula is C15H17N2. The monoisotopic (exact) mass is 225 g/mol. The van der Waals surface area contributed by atoms with Crippen molar-refractivity contribution in [1.29, 1.82) is 0 Å². The quantitative estimate of drug-likeness (QED) is 0.838. The molecule has 1 radical (unpaired) electrons. The molecule has 87 valence electrons. The predicted octanol–water partition coefficient (Wildman–Crippen LogP) is 2.20. The Morgan fingerprint density at radius 3 is 2.47 bits per heavy atom. The molecule has 2 nitrogen and oxygen atoms in total. The summed E-state index contributed by atoms with van der Waals surface area (Å²) in [5.41, 5.74) is 16.0. The maximum absolute atomic E-state index is 5.72. The van der Waals surface area contributed by atoms with Gasteiger partial charge in [-0.2, -0.15) is 0 Å². The van der Waals surface area contributed by atoms with Crippen LogP contribution in [0.3, 0.4) is 0 Å². The minimum Gasteiger partial charge on any atom is -0.326 e. The second-order valence-corrected chi connectivity index (χ2v) is 4.00. The molecule has 0 aliphatic rings. The van der Waals surface area contributed by atoms with Crippen LogP contribution in [0.4, 0.5) is 0 Å². The van der Waals surface area contributed by atoms with E-state index in [1.54, 1.807) is 0 Å². The molecule has 0 fully saturated rings. The average Bonchev–Trinajstić information content (AvgIpc) is 2.39. The summed E-state index contributed by atoms with van der Waals surface area (Å²) in [6.07, 6.45) is 2.14. The summed E-state index contributed by atoms with van der Waals surface area (Å²) in [5.74, 6) is 0. The largest absolute Gasteiger partial charge is 0.326 e. The van der Waals surface area contributed by atoms with Crippen LogP contribution in [0.2, 0.25) is 0 Å². The Morgan fingerprint density at radius 2 is 1.71 bits per heavy atom. The molecular weight excluding hydrogens is 208 g/mol. The van der Waals surface area contributed by atoms with E-state index in [-0.39, 0.29) is 0 Å². The van der Waals surface area contributed by atoms with Gasteiger partial charge in [0.25, 0.3) is 0 Å². The van der Waals surface area contributed by atoms with Gasteiger partial charge in [0.15, 0.2) is 0 Å². The van der Waals surface area contributed by atoms with E-state index < -0.39 is 0 Å². The van der Waals surface area contributed by atoms with Crippen molar-refractivity contribution in [3.05, 3.63) is 77.2 Å². The first-order valence-corrected chi connectivity index (χ1v) is 5.75. The minimum absolute atomic E-state index is 0.559. The third kappa shape index (κ3) is 2.93. The molecule has 17 heavy (non-hydrogen) atoms. The van der Waals surface area contributed by atoms with Gasteiger partial charge in [-0.1, -0.05) is 48.5 Å². The third-order valence-corrected chi connectivity index (χ3v) is 2.78. The zero-order valence-electron chi connectivity index (χ0n) is 9.77. The number of hydrogen-bond acceptors (Lipinski definition) is 2. The summed E-state index contributed by atoms with van der Waals surface area (Å²) in [7, 11) is 0. The maximum atomic E-state index is 5.72. The van der Waals surface area contributed by atoms with Gasteiger partial charge in [0.1, 0.15) is 0 Å². The number of rotatable bonds is 4. The molecule has 0 saturated carbocycles. The van der Waals surface area contributed by atoms with Gasteiger partial charge in [-0.25, -0.2) is 0 Å². The SMILES string of the molecule is NCc1cccc([CH]c2ccccc2CN)c1. The van der Waals surface area contributed by atoms with Crippen LogP contribution in [0, 0.1) is 6.42 Å². The van der Waals surface area contributed by atoms with Crippen molar-refractivity contribution < 1.29 is 0 Å². The fourth-order valence-corrected chi connectivity index (χ4v) is 1.85. The van der Waals surface area contributed by atoms with Crippen molar-refractivity contribution in [3.8, 4) is 0 Å². The molecule has 0 heterocycles. The molecule has 4 N–H and O–H groups in total. The van der Waals surface area contributed by atoms with E-state index in [9.17, 15) is 0 Å². The van der Waals surface area contributed by atoms with Gasteiger partial charge in [0.05, 0.1) is 0 Å². The highest BCUT2D eigenvalue weighted by Crippen LogP contribution is 2.17. The van der Waals surface area contributed by atoms with Gasteiger partial charge >= 0.3 is 0 Å². The zero-order chi connectivity index (χ0) is 12.1. The van der Waals surface area contributed by atoms with Crippen molar-refractivity contribution in [2.45, 2.75) is 13.1 Å². The molecule has 2 rings (SSSR count). The average molecular weight is 225 g/mol. The molecule has 2 heteroatoms. The maximum Gasteiger partial charge on any atom is 0.0202 e. The smallest absolute Gasteiger partial charge is 0.0202 e. The summed E-state index contributed by atoms with van der Waals surface area (Å²) in [6.45, 7) is 1.13. The topological polar surface area (TPSA) is 52.0 Å². The van der Waals surface area contributed by atoms with Crippen LogP contribution in [0.5, 0.6) is 0 Å². The summed E-state index contributed by atoms with van der Waals surface area (Å²) < 4.78 is 0. The fraction of sp³-hybridized carbons (Fsp3) is 0.133. The van der Waals surface area contributed by atoms with Crippen LogP contribution in [-0.4, -0.2) is 0 Å². The first kappa shape index (κ1) is 11.8. The molecule has 0 unspecified atom stereocenters. The summed E-state index contributed by atoms with van der Waals surface area (Å²) in [5, 5.41) is 0. The van der Waals surface area contributed by atoms with E-state index in [0.29, 0.717) is 13.1 Å². The standard InChI is InChI=1S/C15H17N2/c16-10-13-5-3-4-12(8-13)9-14-6-1-2-7-15(14)11-17/h1-9H,10-11,16-17H2. The lowest BCUT2D eigenvalue weighted by Gasteiger charge is -2.08. The molecule has 0 aliphatic carbocycles. The van der Waals surface area contributed by atoms with Gasteiger partial charge in [-0.3, -0.25) is 0 Å². The lowest BCUT2D eigenvalue weighted by Crippen LogP contribution is -2.01. The highest BCUT2D eigenvalue weighted by Gasteiger charge is 2.02. The molecule has 0 aliphatic heterocycles. The van der Waals surface area contributed by atoms with E-state index in [0.717, 1.165) is 16.7 Å².